The summed E-state index contributed by atoms with van der Waals surface area (Å²) in [5.41, 5.74) is 3.66. The summed E-state index contributed by atoms with van der Waals surface area (Å²) in [6, 6.07) is 0.748. The van der Waals surface area contributed by atoms with Crippen molar-refractivity contribution in [1.29, 1.82) is 0 Å². The van der Waals surface area contributed by atoms with Crippen LogP contribution >= 0.6 is 11.8 Å². The lowest BCUT2D eigenvalue weighted by atomic mass is 10.1. The number of thioether (sulfide) groups is 1. The molecular formula is C10H20N2S. The molecule has 3 heteroatoms. The topological polar surface area (TPSA) is 15.3 Å². The van der Waals surface area contributed by atoms with Gasteiger partial charge in [0, 0.05) is 30.1 Å². The fourth-order valence-corrected chi connectivity index (χ4v) is 3.33. The van der Waals surface area contributed by atoms with Crippen molar-refractivity contribution in [2.24, 2.45) is 0 Å². The standard InChI is InChI=1S/C10H20N2S/c1-9-7-10(8-13-9)11-12-5-3-2-4-6-12/h9-11H,2-8H2,1H3. The molecule has 0 spiro atoms. The molecule has 0 aromatic rings. The molecule has 2 saturated heterocycles. The fourth-order valence-electron chi connectivity index (χ4n) is 2.19. The van der Waals surface area contributed by atoms with E-state index in [4.69, 9.17) is 0 Å². The van der Waals surface area contributed by atoms with Crippen molar-refractivity contribution in [2.45, 2.75) is 43.9 Å². The second-order valence-electron chi connectivity index (χ2n) is 4.25. The molecular weight excluding hydrogens is 180 g/mol. The van der Waals surface area contributed by atoms with E-state index in [0.29, 0.717) is 0 Å². The average Bonchev–Trinajstić information content (AvgIpc) is 2.53. The minimum absolute atomic E-state index is 0.748. The van der Waals surface area contributed by atoms with E-state index in [0.717, 1.165) is 11.3 Å². The summed E-state index contributed by atoms with van der Waals surface area (Å²) in [6.45, 7) is 4.85. The Morgan fingerprint density at radius 1 is 1.23 bits per heavy atom. The Bertz CT molecular complexity index is 154. The van der Waals surface area contributed by atoms with Gasteiger partial charge in [-0.25, -0.2) is 5.01 Å². The maximum atomic E-state index is 3.66. The number of rotatable bonds is 2. The first-order valence-corrected chi connectivity index (χ1v) is 6.52. The van der Waals surface area contributed by atoms with Gasteiger partial charge in [0.25, 0.3) is 0 Å². The van der Waals surface area contributed by atoms with Gasteiger partial charge in [-0.05, 0) is 19.3 Å². The van der Waals surface area contributed by atoms with Crippen LogP contribution in [0.5, 0.6) is 0 Å². The molecule has 2 nitrogen and oxygen atoms in total. The molecule has 0 radical (unpaired) electrons. The second-order valence-corrected chi connectivity index (χ2v) is 5.72. The van der Waals surface area contributed by atoms with E-state index in [-0.39, 0.29) is 0 Å². The van der Waals surface area contributed by atoms with Crippen LogP contribution in [0.4, 0.5) is 0 Å². The number of nitrogens with one attached hydrogen (secondary N) is 1. The average molecular weight is 200 g/mol. The van der Waals surface area contributed by atoms with Crippen LogP contribution < -0.4 is 5.43 Å². The van der Waals surface area contributed by atoms with Gasteiger partial charge in [0.05, 0.1) is 0 Å². The van der Waals surface area contributed by atoms with Gasteiger partial charge in [-0.15, -0.1) is 0 Å². The Morgan fingerprint density at radius 3 is 2.62 bits per heavy atom. The Hall–Kier alpha value is 0.270. The van der Waals surface area contributed by atoms with Crippen molar-refractivity contribution < 1.29 is 0 Å². The summed E-state index contributed by atoms with van der Waals surface area (Å²) in [5, 5.41) is 3.30. The maximum absolute atomic E-state index is 3.66. The van der Waals surface area contributed by atoms with E-state index in [1.54, 1.807) is 0 Å². The zero-order chi connectivity index (χ0) is 9.10. The molecule has 76 valence electrons. The van der Waals surface area contributed by atoms with Crippen LogP contribution in [0.25, 0.3) is 0 Å². The van der Waals surface area contributed by atoms with E-state index in [1.807, 2.05) is 0 Å². The highest BCUT2D eigenvalue weighted by atomic mass is 32.2. The summed E-state index contributed by atoms with van der Waals surface area (Å²) in [7, 11) is 0. The minimum atomic E-state index is 0.748. The number of nitrogens with zero attached hydrogens (tertiary/aromatic N) is 1. The van der Waals surface area contributed by atoms with E-state index in [9.17, 15) is 0 Å². The normalized spacial score (nSPS) is 36.7. The van der Waals surface area contributed by atoms with Crippen LogP contribution in [0.3, 0.4) is 0 Å². The Labute approximate surface area is 85.4 Å². The van der Waals surface area contributed by atoms with Gasteiger partial charge in [0.2, 0.25) is 0 Å². The van der Waals surface area contributed by atoms with Gasteiger partial charge in [-0.1, -0.05) is 13.3 Å². The molecule has 13 heavy (non-hydrogen) atoms. The molecule has 2 atom stereocenters. The van der Waals surface area contributed by atoms with E-state index < -0.39 is 0 Å². The van der Waals surface area contributed by atoms with E-state index in [1.165, 1.54) is 44.5 Å². The first-order valence-electron chi connectivity index (χ1n) is 5.47. The van der Waals surface area contributed by atoms with Gasteiger partial charge >= 0.3 is 0 Å². The van der Waals surface area contributed by atoms with Crippen molar-refractivity contribution in [3.05, 3.63) is 0 Å². The molecule has 0 bridgehead atoms. The molecule has 2 fully saturated rings. The van der Waals surface area contributed by atoms with Crippen molar-refractivity contribution >= 4 is 11.8 Å². The van der Waals surface area contributed by atoms with Gasteiger partial charge in [-0.2, -0.15) is 11.8 Å². The molecule has 0 aromatic carbocycles. The third-order valence-electron chi connectivity index (χ3n) is 2.92. The summed E-state index contributed by atoms with van der Waals surface area (Å²) >= 11 is 2.10. The monoisotopic (exact) mass is 200 g/mol. The smallest absolute Gasteiger partial charge is 0.0316 e. The molecule has 2 aliphatic rings. The molecule has 0 aromatic heterocycles. The lowest BCUT2D eigenvalue weighted by molar-refractivity contribution is 0.133. The molecule has 0 amide bonds. The first kappa shape index (κ1) is 9.81. The van der Waals surface area contributed by atoms with E-state index in [2.05, 4.69) is 29.1 Å². The summed E-state index contributed by atoms with van der Waals surface area (Å²) in [5.74, 6) is 1.30. The first-order chi connectivity index (χ1) is 6.34. The van der Waals surface area contributed by atoms with Crippen LogP contribution in [0.1, 0.15) is 32.6 Å². The van der Waals surface area contributed by atoms with Crippen LogP contribution in [0, 0.1) is 0 Å². The molecule has 2 rings (SSSR count). The van der Waals surface area contributed by atoms with Gasteiger partial charge in [0.1, 0.15) is 0 Å². The third-order valence-corrected chi connectivity index (χ3v) is 4.28. The minimum Gasteiger partial charge on any atom is -0.251 e. The molecule has 0 saturated carbocycles. The highest BCUT2D eigenvalue weighted by molar-refractivity contribution is 8.00. The Balaban J connectivity index is 1.71. The highest BCUT2D eigenvalue weighted by Crippen LogP contribution is 2.26. The number of hydrazine groups is 1. The predicted octanol–water partition coefficient (Wildman–Crippen LogP) is 1.87. The van der Waals surface area contributed by atoms with Crippen LogP contribution in [0.2, 0.25) is 0 Å². The summed E-state index contributed by atoms with van der Waals surface area (Å²) in [4.78, 5) is 0. The maximum Gasteiger partial charge on any atom is 0.0316 e. The second kappa shape index (κ2) is 4.67. The molecule has 2 unspecified atom stereocenters. The van der Waals surface area contributed by atoms with Crippen LogP contribution in [0.15, 0.2) is 0 Å². The van der Waals surface area contributed by atoms with Crippen LogP contribution in [-0.4, -0.2) is 35.1 Å². The van der Waals surface area contributed by atoms with Crippen LogP contribution in [-0.2, 0) is 0 Å². The largest absolute Gasteiger partial charge is 0.251 e. The number of hydrogen-bond donors (Lipinski definition) is 1. The zero-order valence-electron chi connectivity index (χ0n) is 8.46. The van der Waals surface area contributed by atoms with E-state index >= 15 is 0 Å². The fraction of sp³-hybridized carbons (Fsp3) is 1.00. The number of piperidine rings is 1. The highest BCUT2D eigenvalue weighted by Gasteiger charge is 2.23. The van der Waals surface area contributed by atoms with Gasteiger partial charge in [0.15, 0.2) is 0 Å². The summed E-state index contributed by atoms with van der Waals surface area (Å²) in [6.07, 6.45) is 5.53. The van der Waals surface area contributed by atoms with Crippen molar-refractivity contribution in [3.63, 3.8) is 0 Å². The lowest BCUT2D eigenvalue weighted by Gasteiger charge is -2.29. The lowest BCUT2D eigenvalue weighted by Crippen LogP contribution is -2.47. The van der Waals surface area contributed by atoms with Gasteiger partial charge in [-0.3, -0.25) is 5.43 Å². The Morgan fingerprint density at radius 2 is 2.00 bits per heavy atom. The predicted molar refractivity (Wildman–Crippen MR) is 58.9 cm³/mol. The molecule has 1 N–H and O–H groups in total. The quantitative estimate of drug-likeness (QED) is 0.732. The molecule has 2 heterocycles. The van der Waals surface area contributed by atoms with Crippen molar-refractivity contribution in [2.75, 3.05) is 18.8 Å². The zero-order valence-corrected chi connectivity index (χ0v) is 9.28. The SMILES string of the molecule is CC1CC(NN2CCCCC2)CS1. The molecule has 2 aliphatic heterocycles. The number of hydrogen-bond acceptors (Lipinski definition) is 3. The molecule has 0 aliphatic carbocycles. The summed E-state index contributed by atoms with van der Waals surface area (Å²) < 4.78 is 0. The van der Waals surface area contributed by atoms with Gasteiger partial charge < -0.3 is 0 Å². The van der Waals surface area contributed by atoms with Crippen molar-refractivity contribution in [1.82, 2.24) is 10.4 Å². The Kier molecular flexibility index (Phi) is 3.52. The third kappa shape index (κ3) is 2.86. The van der Waals surface area contributed by atoms with Crippen molar-refractivity contribution in [3.8, 4) is 0 Å².